The molecule has 1 heterocycles. The molecule has 2 aliphatic rings. The van der Waals surface area contributed by atoms with Gasteiger partial charge in [-0.2, -0.15) is 0 Å². The highest BCUT2D eigenvalue weighted by atomic mass is 15.2. The van der Waals surface area contributed by atoms with Crippen molar-refractivity contribution in [3.63, 3.8) is 0 Å². The van der Waals surface area contributed by atoms with Crippen molar-refractivity contribution in [3.05, 3.63) is 54.3 Å². The maximum atomic E-state index is 4.31. The molecule has 1 fully saturated rings. The number of nitrogens with zero attached hydrogens (tertiary/aromatic N) is 2. The molecule has 0 saturated heterocycles. The molecule has 4 atom stereocenters. The average molecular weight is 425 g/mol. The minimum Gasteiger partial charge on any atom is -0.391 e. The summed E-state index contributed by atoms with van der Waals surface area (Å²) in [6.07, 6.45) is 9.36. The molecule has 1 aliphatic heterocycles. The van der Waals surface area contributed by atoms with Gasteiger partial charge in [-0.1, -0.05) is 38.5 Å². The lowest BCUT2D eigenvalue weighted by Crippen LogP contribution is -2.52. The maximum absolute atomic E-state index is 4.31. The van der Waals surface area contributed by atoms with E-state index in [1.54, 1.807) is 0 Å². The Hall–Kier alpha value is -1.78. The fourth-order valence-corrected chi connectivity index (χ4v) is 5.78. The summed E-state index contributed by atoms with van der Waals surface area (Å²) < 4.78 is 0. The molecule has 4 nitrogen and oxygen atoms in total. The van der Waals surface area contributed by atoms with Crippen LogP contribution in [0.2, 0.25) is 0 Å². The molecule has 1 aromatic rings. The number of nitrogens with one attached hydrogen (secondary N) is 2. The molecule has 4 heteroatoms. The minimum absolute atomic E-state index is 0.326. The smallest absolute Gasteiger partial charge is 0.0501 e. The van der Waals surface area contributed by atoms with E-state index < -0.39 is 0 Å². The first-order valence-electron chi connectivity index (χ1n) is 12.4. The second kappa shape index (κ2) is 11.2. The van der Waals surface area contributed by atoms with Gasteiger partial charge in [0.2, 0.25) is 0 Å². The molecule has 0 aromatic heterocycles. The number of hydrogen-bond donors (Lipinski definition) is 2. The molecule has 172 valence electrons. The van der Waals surface area contributed by atoms with E-state index in [1.165, 1.54) is 42.5 Å². The second-order valence-corrected chi connectivity index (χ2v) is 9.19. The highest BCUT2D eigenvalue weighted by Gasteiger charge is 2.34. The van der Waals surface area contributed by atoms with Crippen LogP contribution in [0.5, 0.6) is 0 Å². The molecule has 3 rings (SSSR count). The fraction of sp³-hybridized carbons (Fsp3) is 0.630. The zero-order valence-corrected chi connectivity index (χ0v) is 20.3. The second-order valence-electron chi connectivity index (χ2n) is 9.19. The largest absolute Gasteiger partial charge is 0.391 e. The SMILES string of the molecule is C=CCCC(C(=C)NC)N1Cc2cc(N(CC)C3CCCCC3NCC)ccc2C1C. The monoisotopic (exact) mass is 424 g/mol. The summed E-state index contributed by atoms with van der Waals surface area (Å²) in [5, 5.41) is 7.08. The van der Waals surface area contributed by atoms with Crippen molar-refractivity contribution in [1.29, 1.82) is 0 Å². The van der Waals surface area contributed by atoms with E-state index >= 15 is 0 Å². The Balaban J connectivity index is 1.83. The zero-order valence-electron chi connectivity index (χ0n) is 20.3. The molecule has 2 N–H and O–H groups in total. The van der Waals surface area contributed by atoms with Crippen molar-refractivity contribution in [1.82, 2.24) is 15.5 Å². The summed E-state index contributed by atoms with van der Waals surface area (Å²) in [6, 6.07) is 9.15. The molecular formula is C27H44N4. The van der Waals surface area contributed by atoms with E-state index in [2.05, 4.69) is 72.6 Å². The standard InChI is InChI=1S/C27H44N4/c1-7-10-14-26(20(4)28-6)31-19-22-18-23(16-17-24(22)21(31)5)30(9-3)27-15-12-11-13-25(27)29-8-2/h7,16-18,21,25-29H,1,4,8-15,19H2,2-3,5-6H3. The summed E-state index contributed by atoms with van der Waals surface area (Å²) >= 11 is 0. The van der Waals surface area contributed by atoms with E-state index in [0.717, 1.165) is 38.2 Å². The van der Waals surface area contributed by atoms with Gasteiger partial charge in [0.15, 0.2) is 0 Å². The Morgan fingerprint density at radius 1 is 1.29 bits per heavy atom. The van der Waals surface area contributed by atoms with Crippen molar-refractivity contribution >= 4 is 5.69 Å². The van der Waals surface area contributed by atoms with Gasteiger partial charge in [0, 0.05) is 49.6 Å². The topological polar surface area (TPSA) is 30.5 Å². The van der Waals surface area contributed by atoms with Crippen molar-refractivity contribution in [3.8, 4) is 0 Å². The summed E-state index contributed by atoms with van der Waals surface area (Å²) in [4.78, 5) is 5.26. The fourth-order valence-electron chi connectivity index (χ4n) is 5.78. The van der Waals surface area contributed by atoms with Crippen LogP contribution in [0.25, 0.3) is 0 Å². The summed E-state index contributed by atoms with van der Waals surface area (Å²) in [7, 11) is 1.99. The Labute approximate surface area is 190 Å². The lowest BCUT2D eigenvalue weighted by molar-refractivity contribution is 0.167. The van der Waals surface area contributed by atoms with Crippen LogP contribution in [0.4, 0.5) is 5.69 Å². The quantitative estimate of drug-likeness (QED) is 0.467. The van der Waals surface area contributed by atoms with Crippen LogP contribution in [0, 0.1) is 0 Å². The van der Waals surface area contributed by atoms with E-state index in [9.17, 15) is 0 Å². The zero-order chi connectivity index (χ0) is 22.4. The van der Waals surface area contributed by atoms with Crippen molar-refractivity contribution in [2.75, 3.05) is 25.0 Å². The van der Waals surface area contributed by atoms with Gasteiger partial charge in [0.05, 0.1) is 6.04 Å². The van der Waals surface area contributed by atoms with Crippen LogP contribution in [-0.4, -0.2) is 43.2 Å². The molecule has 0 bridgehead atoms. The Morgan fingerprint density at radius 2 is 2.06 bits per heavy atom. The normalized spacial score (nSPS) is 24.5. The van der Waals surface area contributed by atoms with Crippen LogP contribution in [0.3, 0.4) is 0 Å². The summed E-state index contributed by atoms with van der Waals surface area (Å²) in [5.41, 5.74) is 5.44. The predicted molar refractivity (Wildman–Crippen MR) is 135 cm³/mol. The Bertz CT molecular complexity index is 741. The van der Waals surface area contributed by atoms with Gasteiger partial charge in [-0.25, -0.2) is 0 Å². The molecule has 0 radical (unpaired) electrons. The van der Waals surface area contributed by atoms with Gasteiger partial charge in [-0.05, 0) is 69.3 Å². The summed E-state index contributed by atoms with van der Waals surface area (Å²) in [6.45, 7) is 18.2. The number of rotatable bonds is 11. The minimum atomic E-state index is 0.326. The first-order valence-corrected chi connectivity index (χ1v) is 12.4. The lowest BCUT2D eigenvalue weighted by Gasteiger charge is -2.41. The Morgan fingerprint density at radius 3 is 2.74 bits per heavy atom. The first kappa shape index (κ1) is 23.9. The van der Waals surface area contributed by atoms with Crippen molar-refractivity contribution in [2.24, 2.45) is 0 Å². The van der Waals surface area contributed by atoms with Gasteiger partial charge in [-0.3, -0.25) is 4.90 Å². The van der Waals surface area contributed by atoms with E-state index in [0.29, 0.717) is 24.2 Å². The number of hydrogen-bond acceptors (Lipinski definition) is 4. The molecule has 0 spiro atoms. The third-order valence-corrected chi connectivity index (χ3v) is 7.46. The van der Waals surface area contributed by atoms with Gasteiger partial charge < -0.3 is 15.5 Å². The van der Waals surface area contributed by atoms with Crippen LogP contribution in [0.1, 0.15) is 76.5 Å². The van der Waals surface area contributed by atoms with Gasteiger partial charge in [0.25, 0.3) is 0 Å². The highest BCUT2D eigenvalue weighted by molar-refractivity contribution is 5.54. The van der Waals surface area contributed by atoms with Gasteiger partial charge >= 0.3 is 0 Å². The van der Waals surface area contributed by atoms with Crippen LogP contribution < -0.4 is 15.5 Å². The van der Waals surface area contributed by atoms with E-state index in [-0.39, 0.29) is 0 Å². The third kappa shape index (κ3) is 5.18. The maximum Gasteiger partial charge on any atom is 0.0501 e. The lowest BCUT2D eigenvalue weighted by atomic mass is 9.88. The highest BCUT2D eigenvalue weighted by Crippen LogP contribution is 2.39. The number of anilines is 1. The first-order chi connectivity index (χ1) is 15.0. The van der Waals surface area contributed by atoms with Crippen molar-refractivity contribution < 1.29 is 0 Å². The van der Waals surface area contributed by atoms with Gasteiger partial charge in [-0.15, -0.1) is 6.58 Å². The van der Waals surface area contributed by atoms with Crippen LogP contribution >= 0.6 is 0 Å². The molecular weight excluding hydrogens is 380 g/mol. The molecule has 31 heavy (non-hydrogen) atoms. The average Bonchev–Trinajstić information content (AvgIpc) is 3.11. The van der Waals surface area contributed by atoms with E-state index in [1.807, 2.05) is 13.1 Å². The summed E-state index contributed by atoms with van der Waals surface area (Å²) in [5.74, 6) is 0. The van der Waals surface area contributed by atoms with Gasteiger partial charge in [0.1, 0.15) is 0 Å². The number of likely N-dealkylation sites (N-methyl/N-ethyl adjacent to an activating group) is 3. The Kier molecular flexibility index (Phi) is 8.62. The number of allylic oxidation sites excluding steroid dienone is 1. The molecule has 4 unspecified atom stereocenters. The molecule has 1 saturated carbocycles. The van der Waals surface area contributed by atoms with Crippen molar-refractivity contribution in [2.45, 2.75) is 90.0 Å². The van der Waals surface area contributed by atoms with E-state index in [4.69, 9.17) is 0 Å². The van der Waals surface area contributed by atoms with Crippen LogP contribution in [0.15, 0.2) is 43.1 Å². The third-order valence-electron chi connectivity index (χ3n) is 7.46. The predicted octanol–water partition coefficient (Wildman–Crippen LogP) is 5.38. The number of fused-ring (bicyclic) bond motifs is 1. The van der Waals surface area contributed by atoms with Crippen LogP contribution in [-0.2, 0) is 6.54 Å². The molecule has 1 aromatic carbocycles. The molecule has 0 amide bonds. The molecule has 1 aliphatic carbocycles. The number of benzene rings is 1.